The van der Waals surface area contributed by atoms with E-state index >= 15 is 0 Å². The van der Waals surface area contributed by atoms with Gasteiger partial charge in [0, 0.05) is 11.8 Å². The Kier molecular flexibility index (Phi) is 1.69. The van der Waals surface area contributed by atoms with E-state index in [9.17, 15) is 0 Å². The second kappa shape index (κ2) is 2.84. The highest BCUT2D eigenvalue weighted by atomic mass is 15.4. The van der Waals surface area contributed by atoms with Crippen molar-refractivity contribution in [1.29, 1.82) is 5.26 Å². The van der Waals surface area contributed by atoms with Gasteiger partial charge in [-0.15, -0.1) is 5.10 Å². The van der Waals surface area contributed by atoms with Gasteiger partial charge < -0.3 is 5.73 Å². The van der Waals surface area contributed by atoms with E-state index in [2.05, 4.69) is 10.3 Å². The summed E-state index contributed by atoms with van der Waals surface area (Å²) in [6.45, 7) is 0. The van der Waals surface area contributed by atoms with Crippen LogP contribution >= 0.6 is 0 Å². The molecule has 0 fully saturated rings. The molecule has 0 aromatic carbocycles. The van der Waals surface area contributed by atoms with E-state index in [-0.39, 0.29) is 0 Å². The molecule has 64 valence electrons. The van der Waals surface area contributed by atoms with Gasteiger partial charge in [0.05, 0.1) is 17.8 Å². The van der Waals surface area contributed by atoms with Crippen molar-refractivity contribution in [3.05, 3.63) is 30.1 Å². The van der Waals surface area contributed by atoms with E-state index in [1.807, 2.05) is 12.1 Å². The van der Waals surface area contributed by atoms with Gasteiger partial charge in [-0.3, -0.25) is 0 Å². The van der Waals surface area contributed by atoms with Crippen molar-refractivity contribution < 1.29 is 0 Å². The van der Waals surface area contributed by atoms with Crippen LogP contribution < -0.4 is 5.73 Å². The van der Waals surface area contributed by atoms with Crippen LogP contribution in [0.25, 0.3) is 5.52 Å². The zero-order valence-electron chi connectivity index (χ0n) is 6.75. The van der Waals surface area contributed by atoms with Gasteiger partial charge >= 0.3 is 0 Å². The highest BCUT2D eigenvalue weighted by Crippen LogP contribution is 2.10. The molecule has 2 aromatic heterocycles. The molecule has 5 heteroatoms. The van der Waals surface area contributed by atoms with Crippen molar-refractivity contribution in [1.82, 2.24) is 14.8 Å². The van der Waals surface area contributed by atoms with Crippen LogP contribution in [-0.2, 0) is 0 Å². The van der Waals surface area contributed by atoms with Gasteiger partial charge in [-0.1, -0.05) is 11.3 Å². The third kappa shape index (κ3) is 1.23. The number of hydrogen-bond donors (Lipinski definition) is 1. The first-order valence-corrected chi connectivity index (χ1v) is 3.76. The Morgan fingerprint density at radius 1 is 1.54 bits per heavy atom. The molecule has 1 atom stereocenters. The number of fused-ring (bicyclic) bond motifs is 1. The lowest BCUT2D eigenvalue weighted by Crippen LogP contribution is -2.08. The Balaban J connectivity index is 2.55. The summed E-state index contributed by atoms with van der Waals surface area (Å²) in [4.78, 5) is 0. The molecule has 0 aliphatic carbocycles. The molecule has 0 radical (unpaired) electrons. The topological polar surface area (TPSA) is 80.0 Å². The van der Waals surface area contributed by atoms with Crippen molar-refractivity contribution in [3.8, 4) is 6.07 Å². The Morgan fingerprint density at radius 2 is 2.38 bits per heavy atom. The molecule has 2 heterocycles. The Morgan fingerprint density at radius 3 is 3.15 bits per heavy atom. The second-order valence-electron chi connectivity index (χ2n) is 2.67. The highest BCUT2D eigenvalue weighted by molar-refractivity contribution is 5.44. The van der Waals surface area contributed by atoms with Gasteiger partial charge in [-0.25, -0.2) is 4.52 Å². The first-order valence-electron chi connectivity index (χ1n) is 3.76. The van der Waals surface area contributed by atoms with Crippen LogP contribution in [0, 0.1) is 11.3 Å². The van der Waals surface area contributed by atoms with Gasteiger partial charge in [-0.05, 0) is 6.07 Å². The summed E-state index contributed by atoms with van der Waals surface area (Å²) in [5.41, 5.74) is 7.15. The third-order valence-electron chi connectivity index (χ3n) is 1.82. The molecular weight excluding hydrogens is 166 g/mol. The van der Waals surface area contributed by atoms with Crippen molar-refractivity contribution in [2.24, 2.45) is 5.73 Å². The van der Waals surface area contributed by atoms with E-state index in [1.165, 1.54) is 0 Å². The SMILES string of the molecule is N#CC(N)c1ccc2cnnn2c1. The predicted octanol–water partition coefficient (Wildman–Crippen LogP) is 0.253. The van der Waals surface area contributed by atoms with Crippen molar-refractivity contribution in [3.63, 3.8) is 0 Å². The lowest BCUT2D eigenvalue weighted by molar-refractivity contribution is 0.827. The van der Waals surface area contributed by atoms with Crippen molar-refractivity contribution >= 4 is 5.52 Å². The fraction of sp³-hybridized carbons (Fsp3) is 0.125. The average Bonchev–Trinajstić information content (AvgIpc) is 2.63. The number of pyridine rings is 1. The number of rotatable bonds is 1. The van der Waals surface area contributed by atoms with E-state index in [0.717, 1.165) is 11.1 Å². The predicted molar refractivity (Wildman–Crippen MR) is 45.5 cm³/mol. The van der Waals surface area contributed by atoms with Crippen LogP contribution in [-0.4, -0.2) is 14.8 Å². The average molecular weight is 173 g/mol. The van der Waals surface area contributed by atoms with E-state index in [4.69, 9.17) is 11.0 Å². The summed E-state index contributed by atoms with van der Waals surface area (Å²) in [7, 11) is 0. The monoisotopic (exact) mass is 173 g/mol. The maximum Gasteiger partial charge on any atom is 0.120 e. The maximum absolute atomic E-state index is 8.59. The standard InChI is InChI=1S/C8H7N5/c9-3-8(10)6-1-2-7-4-11-12-13(7)5-6/h1-2,4-5,8H,10H2. The van der Waals surface area contributed by atoms with Gasteiger partial charge in [0.15, 0.2) is 0 Å². The first kappa shape index (κ1) is 7.71. The van der Waals surface area contributed by atoms with Crippen LogP contribution in [0.3, 0.4) is 0 Å². The minimum Gasteiger partial charge on any atom is -0.312 e. The van der Waals surface area contributed by atoms with Gasteiger partial charge in [0.25, 0.3) is 0 Å². The lowest BCUT2D eigenvalue weighted by atomic mass is 10.1. The smallest absolute Gasteiger partial charge is 0.120 e. The van der Waals surface area contributed by atoms with E-state index in [0.29, 0.717) is 0 Å². The van der Waals surface area contributed by atoms with Crippen LogP contribution in [0.4, 0.5) is 0 Å². The van der Waals surface area contributed by atoms with Crippen LogP contribution in [0.15, 0.2) is 24.5 Å². The molecule has 0 spiro atoms. The highest BCUT2D eigenvalue weighted by Gasteiger charge is 2.04. The molecule has 0 saturated heterocycles. The summed E-state index contributed by atoms with van der Waals surface area (Å²) < 4.78 is 1.59. The van der Waals surface area contributed by atoms with Crippen LogP contribution in [0.5, 0.6) is 0 Å². The van der Waals surface area contributed by atoms with Gasteiger partial charge in [-0.2, -0.15) is 5.26 Å². The zero-order valence-corrected chi connectivity index (χ0v) is 6.75. The molecule has 2 aromatic rings. The molecule has 2 rings (SSSR count). The summed E-state index contributed by atoms with van der Waals surface area (Å²) in [5.74, 6) is 0. The summed E-state index contributed by atoms with van der Waals surface area (Å²) in [5, 5.41) is 16.1. The molecule has 1 unspecified atom stereocenters. The lowest BCUT2D eigenvalue weighted by Gasteiger charge is -2.01. The molecule has 0 bridgehead atoms. The van der Waals surface area contributed by atoms with Crippen LogP contribution in [0.2, 0.25) is 0 Å². The molecule has 5 nitrogen and oxygen atoms in total. The number of nitrogens with zero attached hydrogens (tertiary/aromatic N) is 4. The molecule has 0 amide bonds. The molecule has 13 heavy (non-hydrogen) atoms. The number of nitrogens with two attached hydrogens (primary N) is 1. The van der Waals surface area contributed by atoms with Gasteiger partial charge in [0.2, 0.25) is 0 Å². The van der Waals surface area contributed by atoms with Gasteiger partial charge in [0.1, 0.15) is 6.04 Å². The number of aromatic nitrogens is 3. The fourth-order valence-corrected chi connectivity index (χ4v) is 1.10. The largest absolute Gasteiger partial charge is 0.312 e. The summed E-state index contributed by atoms with van der Waals surface area (Å²) >= 11 is 0. The second-order valence-corrected chi connectivity index (χ2v) is 2.67. The first-order chi connectivity index (χ1) is 6.31. The molecular formula is C8H7N5. The van der Waals surface area contributed by atoms with Crippen molar-refractivity contribution in [2.75, 3.05) is 0 Å². The molecule has 0 saturated carbocycles. The minimum absolute atomic E-state index is 0.603. The van der Waals surface area contributed by atoms with Crippen LogP contribution in [0.1, 0.15) is 11.6 Å². The van der Waals surface area contributed by atoms with Crippen molar-refractivity contribution in [2.45, 2.75) is 6.04 Å². The maximum atomic E-state index is 8.59. The number of hydrogen-bond acceptors (Lipinski definition) is 4. The summed E-state index contributed by atoms with van der Waals surface area (Å²) in [6.07, 6.45) is 3.35. The fourth-order valence-electron chi connectivity index (χ4n) is 1.10. The molecule has 0 aliphatic heterocycles. The third-order valence-corrected chi connectivity index (χ3v) is 1.82. The summed E-state index contributed by atoms with van der Waals surface area (Å²) in [6, 6.07) is 4.98. The quantitative estimate of drug-likeness (QED) is 0.670. The Bertz CT molecular complexity index is 467. The van der Waals surface area contributed by atoms with E-state index < -0.39 is 6.04 Å². The Labute approximate surface area is 74.4 Å². The minimum atomic E-state index is -0.603. The molecule has 0 aliphatic rings. The van der Waals surface area contributed by atoms with E-state index in [1.54, 1.807) is 23.0 Å². The Hall–Kier alpha value is -1.93. The molecule has 2 N–H and O–H groups in total. The number of nitriles is 1. The normalized spacial score (nSPS) is 12.6. The zero-order chi connectivity index (χ0) is 9.26.